The highest BCUT2D eigenvalue weighted by Crippen LogP contribution is 2.12. The van der Waals surface area contributed by atoms with Gasteiger partial charge in [-0.1, -0.05) is 6.08 Å². The molecule has 1 rings (SSSR count). The Kier molecular flexibility index (Phi) is 4.28. The molecule has 0 aromatic heterocycles. The maximum absolute atomic E-state index is 11.3. The zero-order chi connectivity index (χ0) is 11.3. The fraction of sp³-hybridized carbons (Fsp3) is 0.667. The van der Waals surface area contributed by atoms with Crippen molar-refractivity contribution < 1.29 is 17.9 Å². The van der Waals surface area contributed by atoms with Gasteiger partial charge in [0.05, 0.1) is 12.4 Å². The number of carbonyl (C=O) groups excluding carboxylic acids is 1. The molecule has 0 radical (unpaired) electrons. The van der Waals surface area contributed by atoms with Crippen molar-refractivity contribution in [3.8, 4) is 0 Å². The zero-order valence-electron chi connectivity index (χ0n) is 8.68. The molecule has 0 spiro atoms. The Morgan fingerprint density at radius 2 is 2.27 bits per heavy atom. The van der Waals surface area contributed by atoms with Crippen molar-refractivity contribution in [1.82, 2.24) is 4.31 Å². The van der Waals surface area contributed by atoms with Crippen LogP contribution in [0.5, 0.6) is 0 Å². The minimum atomic E-state index is -3.07. The first-order valence-electron chi connectivity index (χ1n) is 4.87. The number of nitrogens with zero attached hydrogens (tertiary/aromatic N) is 1. The van der Waals surface area contributed by atoms with Crippen molar-refractivity contribution in [2.24, 2.45) is 0 Å². The van der Waals surface area contributed by atoms with Gasteiger partial charge in [-0.25, -0.2) is 13.2 Å². The van der Waals surface area contributed by atoms with Crippen LogP contribution in [0.15, 0.2) is 12.2 Å². The molecule has 0 aliphatic carbocycles. The molecule has 0 amide bonds. The molecule has 1 saturated heterocycles. The van der Waals surface area contributed by atoms with Gasteiger partial charge in [-0.15, -0.1) is 0 Å². The van der Waals surface area contributed by atoms with E-state index in [0.717, 1.165) is 0 Å². The molecule has 1 aliphatic rings. The number of sulfonamides is 1. The van der Waals surface area contributed by atoms with Gasteiger partial charge in [-0.3, -0.25) is 0 Å². The second-order valence-electron chi connectivity index (χ2n) is 3.18. The van der Waals surface area contributed by atoms with E-state index in [1.807, 2.05) is 0 Å². The molecule has 0 aromatic carbocycles. The number of esters is 1. The second kappa shape index (κ2) is 5.27. The van der Waals surface area contributed by atoms with Crippen molar-refractivity contribution in [3.63, 3.8) is 0 Å². The van der Waals surface area contributed by atoms with Crippen molar-refractivity contribution in [2.45, 2.75) is 13.3 Å². The smallest absolute Gasteiger partial charge is 0.330 e. The standard InChI is InChI=1S/C9H15NO4S/c1-2-14-9(11)5-3-6-10-7-4-8-15(10,12)13/h3,5H,2,4,6-8H2,1H3/b5-3+. The largest absolute Gasteiger partial charge is 0.463 e. The summed E-state index contributed by atoms with van der Waals surface area (Å²) in [5, 5.41) is 0. The van der Waals surface area contributed by atoms with Crippen molar-refractivity contribution in [3.05, 3.63) is 12.2 Å². The molecule has 1 aliphatic heterocycles. The normalized spacial score (nSPS) is 20.9. The maximum Gasteiger partial charge on any atom is 0.330 e. The van der Waals surface area contributed by atoms with Gasteiger partial charge in [0.25, 0.3) is 0 Å². The van der Waals surface area contributed by atoms with Gasteiger partial charge < -0.3 is 4.74 Å². The average Bonchev–Trinajstić information content (AvgIpc) is 2.46. The molecule has 0 N–H and O–H groups in total. The Hall–Kier alpha value is -0.880. The van der Waals surface area contributed by atoms with Gasteiger partial charge in [-0.2, -0.15) is 4.31 Å². The minimum Gasteiger partial charge on any atom is -0.463 e. The predicted molar refractivity (Wildman–Crippen MR) is 55.7 cm³/mol. The predicted octanol–water partition coefficient (Wildman–Crippen LogP) is 0.141. The highest BCUT2D eigenvalue weighted by Gasteiger charge is 2.26. The van der Waals surface area contributed by atoms with E-state index in [-0.39, 0.29) is 12.3 Å². The quantitative estimate of drug-likeness (QED) is 0.512. The fourth-order valence-electron chi connectivity index (χ4n) is 1.35. The lowest BCUT2D eigenvalue weighted by atomic mass is 10.4. The first-order chi connectivity index (χ1) is 7.06. The van der Waals surface area contributed by atoms with E-state index in [1.54, 1.807) is 6.92 Å². The van der Waals surface area contributed by atoms with Crippen LogP contribution in [0.4, 0.5) is 0 Å². The molecule has 0 atom stereocenters. The minimum absolute atomic E-state index is 0.209. The molecule has 0 unspecified atom stereocenters. The Labute approximate surface area is 89.8 Å². The third-order valence-electron chi connectivity index (χ3n) is 2.05. The van der Waals surface area contributed by atoms with Crippen molar-refractivity contribution in [2.75, 3.05) is 25.4 Å². The molecule has 1 heterocycles. The Bertz CT molecular complexity index is 347. The maximum atomic E-state index is 11.3. The first-order valence-corrected chi connectivity index (χ1v) is 6.48. The SMILES string of the molecule is CCOC(=O)/C=C/CN1CCCS1(=O)=O. The molecular formula is C9H15NO4S. The lowest BCUT2D eigenvalue weighted by Gasteiger charge is -2.10. The van der Waals surface area contributed by atoms with E-state index in [0.29, 0.717) is 19.6 Å². The number of rotatable bonds is 4. The fourth-order valence-corrected chi connectivity index (χ4v) is 2.83. The van der Waals surface area contributed by atoms with Crippen molar-refractivity contribution in [1.29, 1.82) is 0 Å². The molecule has 5 nitrogen and oxygen atoms in total. The Morgan fingerprint density at radius 1 is 1.53 bits per heavy atom. The highest BCUT2D eigenvalue weighted by molar-refractivity contribution is 7.89. The van der Waals surface area contributed by atoms with Gasteiger partial charge in [0.15, 0.2) is 0 Å². The summed E-state index contributed by atoms with van der Waals surface area (Å²) in [7, 11) is -3.07. The lowest BCUT2D eigenvalue weighted by Crippen LogP contribution is -2.25. The topological polar surface area (TPSA) is 63.7 Å². The molecule has 15 heavy (non-hydrogen) atoms. The molecule has 0 bridgehead atoms. The summed E-state index contributed by atoms with van der Waals surface area (Å²) < 4.78 is 28.7. The number of ether oxygens (including phenoxy) is 1. The summed E-state index contributed by atoms with van der Waals surface area (Å²) in [5.41, 5.74) is 0. The van der Waals surface area contributed by atoms with E-state index < -0.39 is 16.0 Å². The number of carbonyl (C=O) groups is 1. The van der Waals surface area contributed by atoms with Crippen LogP contribution < -0.4 is 0 Å². The van der Waals surface area contributed by atoms with Gasteiger partial charge in [0.2, 0.25) is 10.0 Å². The van der Waals surface area contributed by atoms with Crippen LogP contribution in [0.1, 0.15) is 13.3 Å². The summed E-state index contributed by atoms with van der Waals surface area (Å²) in [6.45, 7) is 2.83. The molecule has 6 heteroatoms. The summed E-state index contributed by atoms with van der Waals surface area (Å²) >= 11 is 0. The summed E-state index contributed by atoms with van der Waals surface area (Å²) in [4.78, 5) is 10.9. The van der Waals surface area contributed by atoms with E-state index >= 15 is 0 Å². The van der Waals surface area contributed by atoms with Crippen LogP contribution in [0.2, 0.25) is 0 Å². The van der Waals surface area contributed by atoms with Gasteiger partial charge in [0.1, 0.15) is 0 Å². The van der Waals surface area contributed by atoms with Crippen LogP contribution in [-0.2, 0) is 19.6 Å². The monoisotopic (exact) mass is 233 g/mol. The third kappa shape index (κ3) is 3.64. The Morgan fingerprint density at radius 3 is 2.80 bits per heavy atom. The second-order valence-corrected chi connectivity index (χ2v) is 5.27. The number of hydrogen-bond donors (Lipinski definition) is 0. The van der Waals surface area contributed by atoms with Gasteiger partial charge in [-0.05, 0) is 13.3 Å². The van der Waals surface area contributed by atoms with E-state index in [2.05, 4.69) is 4.74 Å². The molecule has 86 valence electrons. The summed E-state index contributed by atoms with van der Waals surface area (Å²) in [6.07, 6.45) is 3.44. The van der Waals surface area contributed by atoms with Crippen LogP contribution in [0.25, 0.3) is 0 Å². The van der Waals surface area contributed by atoms with Gasteiger partial charge >= 0.3 is 5.97 Å². The van der Waals surface area contributed by atoms with Crippen LogP contribution in [0.3, 0.4) is 0 Å². The molecule has 1 fully saturated rings. The van der Waals surface area contributed by atoms with E-state index in [4.69, 9.17) is 0 Å². The van der Waals surface area contributed by atoms with Crippen LogP contribution in [0, 0.1) is 0 Å². The van der Waals surface area contributed by atoms with Gasteiger partial charge in [0, 0.05) is 19.2 Å². The van der Waals surface area contributed by atoms with E-state index in [1.165, 1.54) is 16.5 Å². The lowest BCUT2D eigenvalue weighted by molar-refractivity contribution is -0.137. The van der Waals surface area contributed by atoms with E-state index in [9.17, 15) is 13.2 Å². The third-order valence-corrected chi connectivity index (χ3v) is 3.98. The molecule has 0 aromatic rings. The van der Waals surface area contributed by atoms with Crippen molar-refractivity contribution >= 4 is 16.0 Å². The number of hydrogen-bond acceptors (Lipinski definition) is 4. The first kappa shape index (κ1) is 12.2. The summed E-state index contributed by atoms with van der Waals surface area (Å²) in [6, 6.07) is 0. The van der Waals surface area contributed by atoms with Crippen LogP contribution >= 0.6 is 0 Å². The zero-order valence-corrected chi connectivity index (χ0v) is 9.50. The molecule has 0 saturated carbocycles. The average molecular weight is 233 g/mol. The summed E-state index contributed by atoms with van der Waals surface area (Å²) in [5.74, 6) is -0.227. The van der Waals surface area contributed by atoms with Crippen LogP contribution in [-0.4, -0.2) is 44.1 Å². The highest BCUT2D eigenvalue weighted by atomic mass is 32.2. The Balaban J connectivity index is 2.40. The molecular weight excluding hydrogens is 218 g/mol.